The summed E-state index contributed by atoms with van der Waals surface area (Å²) in [7, 11) is 0. The molecule has 1 saturated heterocycles. The van der Waals surface area contributed by atoms with Crippen LogP contribution < -0.4 is 0 Å². The van der Waals surface area contributed by atoms with Crippen LogP contribution in [0.4, 0.5) is 0 Å². The van der Waals surface area contributed by atoms with Crippen molar-refractivity contribution in [2.75, 3.05) is 13.1 Å². The zero-order chi connectivity index (χ0) is 21.4. The first-order chi connectivity index (χ1) is 15.1. The highest BCUT2D eigenvalue weighted by Gasteiger charge is 2.26. The number of para-hydroxylation sites is 2. The number of aromatic amines is 1. The van der Waals surface area contributed by atoms with Gasteiger partial charge in [-0.25, -0.2) is 4.98 Å². The van der Waals surface area contributed by atoms with Crippen LogP contribution in [-0.4, -0.2) is 43.6 Å². The molecular weight excluding hydrogens is 386 g/mol. The zero-order valence-corrected chi connectivity index (χ0v) is 18.0. The van der Waals surface area contributed by atoms with Crippen molar-refractivity contribution in [3.05, 3.63) is 82.9 Å². The molecule has 158 valence electrons. The van der Waals surface area contributed by atoms with Gasteiger partial charge in [-0.15, -0.1) is 0 Å². The second-order valence-corrected chi connectivity index (χ2v) is 8.49. The number of hydrogen-bond donors (Lipinski definition) is 1. The Hall–Kier alpha value is -3.41. The molecule has 2 aromatic carbocycles. The molecule has 1 amide bonds. The number of nitrogens with zero attached hydrogens (tertiary/aromatic N) is 4. The highest BCUT2D eigenvalue weighted by atomic mass is 16.2. The third kappa shape index (κ3) is 3.98. The standard InChI is InChI=1S/C25H27N5O/c1-17-14-18(2)30(28-17)16-19-6-5-7-21(15-19)25(31)29-12-10-20(11-13-29)24-26-22-8-3-4-9-23(22)27-24/h3-9,14-15,20H,10-13,16H2,1-2H3,(H,26,27). The molecular formula is C25H27N5O. The molecule has 0 spiro atoms. The first kappa shape index (κ1) is 19.5. The molecule has 1 fully saturated rings. The summed E-state index contributed by atoms with van der Waals surface area (Å²) in [5, 5.41) is 4.54. The van der Waals surface area contributed by atoms with Gasteiger partial charge in [0, 0.05) is 30.3 Å². The lowest BCUT2D eigenvalue weighted by Gasteiger charge is -2.31. The van der Waals surface area contributed by atoms with Gasteiger partial charge in [-0.2, -0.15) is 5.10 Å². The number of likely N-dealkylation sites (tertiary alicyclic amines) is 1. The third-order valence-corrected chi connectivity index (χ3v) is 6.19. The topological polar surface area (TPSA) is 66.8 Å². The number of nitrogens with one attached hydrogen (secondary N) is 1. The maximum absolute atomic E-state index is 13.1. The van der Waals surface area contributed by atoms with E-state index >= 15 is 0 Å². The van der Waals surface area contributed by atoms with Crippen LogP contribution in [0.1, 0.15) is 51.9 Å². The first-order valence-corrected chi connectivity index (χ1v) is 10.9. The number of aromatic nitrogens is 4. The summed E-state index contributed by atoms with van der Waals surface area (Å²) >= 11 is 0. The fraction of sp³-hybridized carbons (Fsp3) is 0.320. The van der Waals surface area contributed by atoms with E-state index < -0.39 is 0 Å². The zero-order valence-electron chi connectivity index (χ0n) is 18.0. The smallest absolute Gasteiger partial charge is 0.253 e. The van der Waals surface area contributed by atoms with Crippen LogP contribution in [0.2, 0.25) is 0 Å². The van der Waals surface area contributed by atoms with Crippen LogP contribution in [0, 0.1) is 13.8 Å². The van der Waals surface area contributed by atoms with Gasteiger partial charge in [0.2, 0.25) is 0 Å². The lowest BCUT2D eigenvalue weighted by Crippen LogP contribution is -2.38. The number of amides is 1. The number of aryl methyl sites for hydroxylation is 2. The number of hydrogen-bond acceptors (Lipinski definition) is 3. The lowest BCUT2D eigenvalue weighted by atomic mass is 9.95. The summed E-state index contributed by atoms with van der Waals surface area (Å²) in [5.74, 6) is 1.52. The molecule has 0 aliphatic carbocycles. The molecule has 0 radical (unpaired) electrons. The summed E-state index contributed by atoms with van der Waals surface area (Å²) in [6.07, 6.45) is 1.86. The van der Waals surface area contributed by atoms with Gasteiger partial charge >= 0.3 is 0 Å². The van der Waals surface area contributed by atoms with E-state index in [1.165, 1.54) is 0 Å². The molecule has 31 heavy (non-hydrogen) atoms. The van der Waals surface area contributed by atoms with E-state index in [0.717, 1.165) is 65.3 Å². The quantitative estimate of drug-likeness (QED) is 0.538. The number of carbonyl (C=O) groups excluding carboxylic acids is 1. The molecule has 2 aromatic heterocycles. The molecule has 6 nitrogen and oxygen atoms in total. The van der Waals surface area contributed by atoms with E-state index in [1.807, 2.05) is 52.9 Å². The van der Waals surface area contributed by atoms with Gasteiger partial charge in [0.15, 0.2) is 0 Å². The highest BCUT2D eigenvalue weighted by Crippen LogP contribution is 2.28. The van der Waals surface area contributed by atoms with Crippen molar-refractivity contribution in [1.29, 1.82) is 0 Å². The Morgan fingerprint density at radius 3 is 2.61 bits per heavy atom. The van der Waals surface area contributed by atoms with Crippen molar-refractivity contribution in [3.8, 4) is 0 Å². The molecule has 6 heteroatoms. The van der Waals surface area contributed by atoms with Gasteiger partial charge in [-0.05, 0) is 62.6 Å². The molecule has 4 aromatic rings. The second-order valence-electron chi connectivity index (χ2n) is 8.49. The van der Waals surface area contributed by atoms with Crippen LogP contribution >= 0.6 is 0 Å². The summed E-state index contributed by atoms with van der Waals surface area (Å²) in [6, 6.07) is 18.1. The molecule has 0 saturated carbocycles. The van der Waals surface area contributed by atoms with Gasteiger partial charge in [0.25, 0.3) is 5.91 Å². The van der Waals surface area contributed by atoms with Crippen molar-refractivity contribution < 1.29 is 4.79 Å². The first-order valence-electron chi connectivity index (χ1n) is 10.9. The van der Waals surface area contributed by atoms with Crippen LogP contribution in [0.25, 0.3) is 11.0 Å². The predicted octanol–water partition coefficient (Wildman–Crippen LogP) is 4.44. The Morgan fingerprint density at radius 2 is 1.87 bits per heavy atom. The Bertz CT molecular complexity index is 1200. The third-order valence-electron chi connectivity index (χ3n) is 6.19. The minimum atomic E-state index is 0.110. The minimum absolute atomic E-state index is 0.110. The normalized spacial score (nSPS) is 15.0. The van der Waals surface area contributed by atoms with E-state index in [-0.39, 0.29) is 5.91 Å². The Morgan fingerprint density at radius 1 is 1.06 bits per heavy atom. The van der Waals surface area contributed by atoms with Crippen molar-refractivity contribution in [2.24, 2.45) is 0 Å². The molecule has 0 unspecified atom stereocenters. The van der Waals surface area contributed by atoms with Gasteiger partial charge < -0.3 is 9.88 Å². The largest absolute Gasteiger partial charge is 0.342 e. The summed E-state index contributed by atoms with van der Waals surface area (Å²) < 4.78 is 1.98. The highest BCUT2D eigenvalue weighted by molar-refractivity contribution is 5.94. The Kier molecular flexibility index (Phi) is 5.06. The average Bonchev–Trinajstić information content (AvgIpc) is 3.36. The van der Waals surface area contributed by atoms with E-state index in [0.29, 0.717) is 12.5 Å². The molecule has 1 aliphatic rings. The molecule has 0 atom stereocenters. The number of piperidine rings is 1. The number of H-pyrrole nitrogens is 1. The number of benzene rings is 2. The van der Waals surface area contributed by atoms with Crippen molar-refractivity contribution in [1.82, 2.24) is 24.6 Å². The maximum atomic E-state index is 13.1. The Labute approximate surface area is 181 Å². The number of fused-ring (bicyclic) bond motifs is 1. The summed E-state index contributed by atoms with van der Waals surface area (Å²) in [6.45, 7) is 6.24. The van der Waals surface area contributed by atoms with E-state index in [4.69, 9.17) is 4.98 Å². The van der Waals surface area contributed by atoms with Crippen molar-refractivity contribution in [3.63, 3.8) is 0 Å². The van der Waals surface area contributed by atoms with Crippen molar-refractivity contribution in [2.45, 2.75) is 39.2 Å². The van der Waals surface area contributed by atoms with Gasteiger partial charge in [-0.3, -0.25) is 9.48 Å². The Balaban J connectivity index is 1.25. The number of carbonyl (C=O) groups is 1. The van der Waals surface area contributed by atoms with E-state index in [2.05, 4.69) is 35.2 Å². The maximum Gasteiger partial charge on any atom is 0.253 e. The molecule has 3 heterocycles. The van der Waals surface area contributed by atoms with Gasteiger partial charge in [-0.1, -0.05) is 24.3 Å². The molecule has 5 rings (SSSR count). The molecule has 1 aliphatic heterocycles. The summed E-state index contributed by atoms with van der Waals surface area (Å²) in [4.78, 5) is 23.3. The average molecular weight is 414 g/mol. The van der Waals surface area contributed by atoms with E-state index in [9.17, 15) is 4.79 Å². The summed E-state index contributed by atoms with van der Waals surface area (Å²) in [5.41, 5.74) is 6.07. The molecule has 0 bridgehead atoms. The van der Waals surface area contributed by atoms with Crippen LogP contribution in [0.3, 0.4) is 0 Å². The fourth-order valence-electron chi connectivity index (χ4n) is 4.52. The minimum Gasteiger partial charge on any atom is -0.342 e. The number of imidazole rings is 1. The van der Waals surface area contributed by atoms with Crippen LogP contribution in [-0.2, 0) is 6.54 Å². The van der Waals surface area contributed by atoms with Crippen molar-refractivity contribution >= 4 is 16.9 Å². The van der Waals surface area contributed by atoms with Crippen LogP contribution in [0.15, 0.2) is 54.6 Å². The van der Waals surface area contributed by atoms with E-state index in [1.54, 1.807) is 0 Å². The fourth-order valence-corrected chi connectivity index (χ4v) is 4.52. The SMILES string of the molecule is Cc1cc(C)n(Cc2cccc(C(=O)N3CCC(c4nc5ccccc5[nH]4)CC3)c2)n1. The molecule has 1 N–H and O–H groups in total. The predicted molar refractivity (Wildman–Crippen MR) is 121 cm³/mol. The van der Waals surface area contributed by atoms with Gasteiger partial charge in [0.05, 0.1) is 23.3 Å². The van der Waals surface area contributed by atoms with Crippen LogP contribution in [0.5, 0.6) is 0 Å². The second kappa shape index (κ2) is 8.02. The lowest BCUT2D eigenvalue weighted by molar-refractivity contribution is 0.0711. The number of rotatable bonds is 4. The van der Waals surface area contributed by atoms with Gasteiger partial charge in [0.1, 0.15) is 5.82 Å². The monoisotopic (exact) mass is 413 g/mol.